The molecule has 3 N–H and O–H groups in total. The lowest BCUT2D eigenvalue weighted by atomic mass is 10.0. The number of fused-ring (bicyclic) bond motifs is 1. The summed E-state index contributed by atoms with van der Waals surface area (Å²) in [6, 6.07) is 14.1. The highest BCUT2D eigenvalue weighted by atomic mass is 32.1. The number of anilines is 1. The molecule has 0 aliphatic carbocycles. The van der Waals surface area contributed by atoms with Crippen LogP contribution in [0.1, 0.15) is 39.6 Å². The number of nitrogens with two attached hydrogens (primary N) is 1. The van der Waals surface area contributed by atoms with Gasteiger partial charge in [0.1, 0.15) is 17.4 Å². The van der Waals surface area contributed by atoms with Crippen LogP contribution in [0.25, 0.3) is 22.0 Å². The van der Waals surface area contributed by atoms with Crippen LogP contribution in [0.2, 0.25) is 0 Å². The van der Waals surface area contributed by atoms with Crippen molar-refractivity contribution in [3.05, 3.63) is 69.7 Å². The second kappa shape index (κ2) is 10.8. The molecule has 4 aromatic rings. The molecular weight excluding hydrogens is 486 g/mol. The third kappa shape index (κ3) is 5.16. The van der Waals surface area contributed by atoms with Crippen LogP contribution >= 0.6 is 11.3 Å². The van der Waals surface area contributed by atoms with Gasteiger partial charge >= 0.3 is 0 Å². The molecule has 2 aromatic heterocycles. The molecule has 8 nitrogen and oxygen atoms in total. The van der Waals surface area contributed by atoms with Gasteiger partial charge in [-0.05, 0) is 54.1 Å². The number of benzene rings is 2. The van der Waals surface area contributed by atoms with Crippen LogP contribution in [0, 0.1) is 6.92 Å². The van der Waals surface area contributed by atoms with E-state index in [9.17, 15) is 4.79 Å². The summed E-state index contributed by atoms with van der Waals surface area (Å²) in [7, 11) is 1.58. The van der Waals surface area contributed by atoms with E-state index in [4.69, 9.17) is 20.2 Å². The van der Waals surface area contributed by atoms with Gasteiger partial charge in [-0.1, -0.05) is 24.3 Å². The van der Waals surface area contributed by atoms with Gasteiger partial charge in [0.15, 0.2) is 0 Å². The SMILES string of the molecule is COc1cc2c(NC(C)c3cc(-c4ccccc4CN)cs3)nc(C)nc2cc1C(=O)N1CCOCC1. The molecule has 1 atom stereocenters. The molecule has 5 rings (SSSR count). The molecule has 0 radical (unpaired) electrons. The Balaban J connectivity index is 1.46. The minimum Gasteiger partial charge on any atom is -0.496 e. The van der Waals surface area contributed by atoms with Crippen molar-refractivity contribution in [2.24, 2.45) is 5.73 Å². The topological polar surface area (TPSA) is 103 Å². The lowest BCUT2D eigenvalue weighted by molar-refractivity contribution is 0.0301. The fraction of sp³-hybridized carbons (Fsp3) is 0.321. The van der Waals surface area contributed by atoms with Gasteiger partial charge in [-0.25, -0.2) is 9.97 Å². The third-order valence-corrected chi connectivity index (χ3v) is 7.72. The summed E-state index contributed by atoms with van der Waals surface area (Å²) in [5, 5.41) is 6.53. The Hall–Kier alpha value is -3.53. The smallest absolute Gasteiger partial charge is 0.257 e. The minimum absolute atomic E-state index is 0.00180. The number of ether oxygens (including phenoxy) is 2. The number of thiophene rings is 1. The van der Waals surface area contributed by atoms with Crippen LogP contribution in [-0.2, 0) is 11.3 Å². The second-order valence-electron chi connectivity index (χ2n) is 9.06. The molecular formula is C28H31N5O3S. The first-order chi connectivity index (χ1) is 18.0. The fourth-order valence-electron chi connectivity index (χ4n) is 4.63. The molecule has 1 saturated heterocycles. The van der Waals surface area contributed by atoms with Crippen molar-refractivity contribution in [3.63, 3.8) is 0 Å². The number of aromatic nitrogens is 2. The van der Waals surface area contributed by atoms with Gasteiger partial charge in [0.25, 0.3) is 5.91 Å². The first kappa shape index (κ1) is 25.1. The largest absolute Gasteiger partial charge is 0.496 e. The summed E-state index contributed by atoms with van der Waals surface area (Å²) in [5.41, 5.74) is 10.6. The summed E-state index contributed by atoms with van der Waals surface area (Å²) < 4.78 is 11.0. The van der Waals surface area contributed by atoms with E-state index >= 15 is 0 Å². The summed E-state index contributed by atoms with van der Waals surface area (Å²) in [6.07, 6.45) is 0. The molecule has 1 unspecified atom stereocenters. The summed E-state index contributed by atoms with van der Waals surface area (Å²) in [5.74, 6) is 1.76. The maximum Gasteiger partial charge on any atom is 0.257 e. The van der Waals surface area contributed by atoms with E-state index in [2.05, 4.69) is 40.8 Å². The van der Waals surface area contributed by atoms with E-state index in [1.807, 2.05) is 31.2 Å². The molecule has 1 aliphatic heterocycles. The number of hydrogen-bond donors (Lipinski definition) is 2. The highest BCUT2D eigenvalue weighted by molar-refractivity contribution is 7.10. The number of methoxy groups -OCH3 is 1. The highest BCUT2D eigenvalue weighted by Gasteiger charge is 2.24. The molecule has 9 heteroatoms. The van der Waals surface area contributed by atoms with E-state index in [1.165, 1.54) is 4.88 Å². The highest BCUT2D eigenvalue weighted by Crippen LogP contribution is 2.35. The lowest BCUT2D eigenvalue weighted by Crippen LogP contribution is -2.40. The van der Waals surface area contributed by atoms with Gasteiger partial charge in [-0.3, -0.25) is 4.79 Å². The Kier molecular flexibility index (Phi) is 7.36. The number of rotatable bonds is 7. The van der Waals surface area contributed by atoms with Gasteiger partial charge in [-0.2, -0.15) is 0 Å². The van der Waals surface area contributed by atoms with Gasteiger partial charge in [0, 0.05) is 29.9 Å². The molecule has 0 spiro atoms. The molecule has 1 aliphatic rings. The number of carbonyl (C=O) groups excluding carboxylic acids is 1. The maximum atomic E-state index is 13.2. The zero-order chi connectivity index (χ0) is 25.9. The van der Waals surface area contributed by atoms with Crippen molar-refractivity contribution in [1.29, 1.82) is 0 Å². The van der Waals surface area contributed by atoms with Crippen LogP contribution in [-0.4, -0.2) is 54.2 Å². The number of nitrogens with zero attached hydrogens (tertiary/aromatic N) is 3. The zero-order valence-electron chi connectivity index (χ0n) is 21.3. The van der Waals surface area contributed by atoms with Crippen molar-refractivity contribution >= 4 is 34.0 Å². The first-order valence-corrected chi connectivity index (χ1v) is 13.2. The Morgan fingerprint density at radius 3 is 2.76 bits per heavy atom. The minimum atomic E-state index is -0.0786. The normalized spacial score (nSPS) is 14.5. The quantitative estimate of drug-likeness (QED) is 0.364. The standard InChI is InChI=1S/C28H31N5O3S/c1-17(26-12-20(16-37-26)21-7-5-4-6-19(21)15-29)30-27-22-14-25(35-3)23(13-24(22)31-18(2)32-27)28(34)33-8-10-36-11-9-33/h4-7,12-14,16-17H,8-11,15,29H2,1-3H3,(H,30,31,32). The van der Waals surface area contributed by atoms with Gasteiger partial charge in [-0.15, -0.1) is 11.3 Å². The summed E-state index contributed by atoms with van der Waals surface area (Å²) >= 11 is 1.70. The van der Waals surface area contributed by atoms with Crippen LogP contribution in [0.3, 0.4) is 0 Å². The number of nitrogens with one attached hydrogen (secondary N) is 1. The van der Waals surface area contributed by atoms with Crippen LogP contribution < -0.4 is 15.8 Å². The van der Waals surface area contributed by atoms with E-state index in [1.54, 1.807) is 23.3 Å². The molecule has 37 heavy (non-hydrogen) atoms. The molecule has 0 saturated carbocycles. The molecule has 3 heterocycles. The molecule has 1 amide bonds. The van der Waals surface area contributed by atoms with Crippen molar-refractivity contribution in [2.75, 3.05) is 38.7 Å². The van der Waals surface area contributed by atoms with E-state index < -0.39 is 0 Å². The average molecular weight is 518 g/mol. The van der Waals surface area contributed by atoms with E-state index in [0.29, 0.717) is 61.3 Å². The van der Waals surface area contributed by atoms with Crippen LogP contribution in [0.4, 0.5) is 5.82 Å². The maximum absolute atomic E-state index is 13.2. The van der Waals surface area contributed by atoms with Gasteiger partial charge in [0.2, 0.25) is 0 Å². The Morgan fingerprint density at radius 2 is 2.00 bits per heavy atom. The van der Waals surface area contributed by atoms with E-state index in [0.717, 1.165) is 22.1 Å². The monoisotopic (exact) mass is 517 g/mol. The van der Waals surface area contributed by atoms with Crippen LogP contribution in [0.5, 0.6) is 5.75 Å². The van der Waals surface area contributed by atoms with Crippen LogP contribution in [0.15, 0.2) is 47.8 Å². The molecule has 192 valence electrons. The van der Waals surface area contributed by atoms with Crippen molar-refractivity contribution < 1.29 is 14.3 Å². The zero-order valence-corrected chi connectivity index (χ0v) is 22.1. The number of hydrogen-bond acceptors (Lipinski definition) is 8. The molecule has 2 aromatic carbocycles. The number of amides is 1. The number of carbonyl (C=O) groups is 1. The summed E-state index contributed by atoms with van der Waals surface area (Å²) in [4.78, 5) is 25.5. The second-order valence-corrected chi connectivity index (χ2v) is 10.0. The fourth-order valence-corrected chi connectivity index (χ4v) is 5.55. The van der Waals surface area contributed by atoms with Crippen molar-refractivity contribution in [1.82, 2.24) is 14.9 Å². The number of aryl methyl sites for hydroxylation is 1. The van der Waals surface area contributed by atoms with Gasteiger partial charge in [0.05, 0.1) is 37.4 Å². The van der Waals surface area contributed by atoms with Crippen molar-refractivity contribution in [3.8, 4) is 16.9 Å². The Bertz CT molecular complexity index is 1430. The molecule has 1 fully saturated rings. The lowest BCUT2D eigenvalue weighted by Gasteiger charge is -2.27. The summed E-state index contributed by atoms with van der Waals surface area (Å²) in [6.45, 7) is 6.67. The Labute approximate surface area is 220 Å². The first-order valence-electron chi connectivity index (χ1n) is 12.3. The third-order valence-electron chi connectivity index (χ3n) is 6.61. The molecule has 0 bridgehead atoms. The predicted molar refractivity (Wildman–Crippen MR) is 147 cm³/mol. The van der Waals surface area contributed by atoms with E-state index in [-0.39, 0.29) is 11.9 Å². The average Bonchev–Trinajstić information content (AvgIpc) is 3.43. The van der Waals surface area contributed by atoms with Gasteiger partial charge < -0.3 is 25.4 Å². The predicted octanol–water partition coefficient (Wildman–Crippen LogP) is 4.78. The van der Waals surface area contributed by atoms with Crippen molar-refractivity contribution in [2.45, 2.75) is 26.4 Å². The Morgan fingerprint density at radius 1 is 1.22 bits per heavy atom. The number of morpholine rings is 1.